The van der Waals surface area contributed by atoms with Gasteiger partial charge in [-0.05, 0) is 12.5 Å². The maximum Gasteiger partial charge on any atom is 0.243 e. The van der Waals surface area contributed by atoms with Crippen molar-refractivity contribution in [2.24, 2.45) is 4.99 Å². The summed E-state index contributed by atoms with van der Waals surface area (Å²) in [5.74, 6) is 1.56. The first-order valence-electron chi connectivity index (χ1n) is 8.08. The molecule has 0 spiro atoms. The molecule has 1 atom stereocenters. The van der Waals surface area contributed by atoms with Crippen molar-refractivity contribution < 1.29 is 9.53 Å². The van der Waals surface area contributed by atoms with E-state index in [0.29, 0.717) is 12.6 Å². The maximum absolute atomic E-state index is 11.8. The largest absolute Gasteiger partial charge is 0.493 e. The van der Waals surface area contributed by atoms with Crippen molar-refractivity contribution in [1.29, 1.82) is 0 Å². The lowest BCUT2D eigenvalue weighted by molar-refractivity contribution is -0.127. The van der Waals surface area contributed by atoms with Crippen molar-refractivity contribution in [3.63, 3.8) is 0 Å². The molecule has 1 aliphatic rings. The highest BCUT2D eigenvalue weighted by molar-refractivity contribution is 5.85. The summed E-state index contributed by atoms with van der Waals surface area (Å²) in [5, 5.41) is 6.70. The number of likely N-dealkylation sites (N-methyl/N-ethyl adjacent to an activating group) is 1. The molecule has 0 bridgehead atoms. The molecule has 126 valence electrons. The van der Waals surface area contributed by atoms with Crippen LogP contribution >= 0.6 is 0 Å². The third-order valence-electron chi connectivity index (χ3n) is 3.68. The Hall–Kier alpha value is -2.24. The second-order valence-corrected chi connectivity index (χ2v) is 5.75. The average molecular weight is 318 g/mol. The van der Waals surface area contributed by atoms with E-state index in [1.54, 1.807) is 19.0 Å². The molecule has 2 rings (SSSR count). The standard InChI is InChI=1S/C17H26N4O2/c1-4-10-18-17(19-12-16(22)21(2)3)20-14-9-11-23-15-8-6-5-7-13(14)15/h5-8,14H,4,9-12H2,1-3H3,(H2,18,19,20). The van der Waals surface area contributed by atoms with Gasteiger partial charge in [0.1, 0.15) is 12.3 Å². The molecule has 6 nitrogen and oxygen atoms in total. The van der Waals surface area contributed by atoms with Gasteiger partial charge >= 0.3 is 0 Å². The Labute approximate surface area is 137 Å². The number of rotatable bonds is 5. The molecule has 23 heavy (non-hydrogen) atoms. The highest BCUT2D eigenvalue weighted by Crippen LogP contribution is 2.31. The number of hydrogen-bond donors (Lipinski definition) is 2. The third kappa shape index (κ3) is 4.87. The number of carbonyl (C=O) groups excluding carboxylic acids is 1. The van der Waals surface area contributed by atoms with Gasteiger partial charge in [-0.2, -0.15) is 0 Å². The van der Waals surface area contributed by atoms with Crippen LogP contribution in [0.3, 0.4) is 0 Å². The number of amides is 1. The van der Waals surface area contributed by atoms with E-state index in [1.807, 2.05) is 18.2 Å². The highest BCUT2D eigenvalue weighted by atomic mass is 16.5. The summed E-state index contributed by atoms with van der Waals surface area (Å²) < 4.78 is 5.68. The third-order valence-corrected chi connectivity index (χ3v) is 3.68. The lowest BCUT2D eigenvalue weighted by Gasteiger charge is -2.28. The predicted octanol–water partition coefficient (Wildman–Crippen LogP) is 1.54. The first-order chi connectivity index (χ1) is 11.1. The number of para-hydroxylation sites is 1. The van der Waals surface area contributed by atoms with Crippen LogP contribution in [0.15, 0.2) is 29.3 Å². The summed E-state index contributed by atoms with van der Waals surface area (Å²) >= 11 is 0. The van der Waals surface area contributed by atoms with Crippen molar-refractivity contribution in [3.05, 3.63) is 29.8 Å². The van der Waals surface area contributed by atoms with Gasteiger partial charge in [-0.15, -0.1) is 0 Å². The first kappa shape index (κ1) is 17.1. The SMILES string of the molecule is CCCNC(=NCC(=O)N(C)C)NC1CCOc2ccccc21. The summed E-state index contributed by atoms with van der Waals surface area (Å²) in [6, 6.07) is 8.16. The fraction of sp³-hybridized carbons (Fsp3) is 0.529. The number of nitrogens with one attached hydrogen (secondary N) is 2. The number of nitrogens with zero attached hydrogens (tertiary/aromatic N) is 2. The summed E-state index contributed by atoms with van der Waals surface area (Å²) in [6.45, 7) is 3.72. The molecule has 1 heterocycles. The number of fused-ring (bicyclic) bond motifs is 1. The Morgan fingerprint density at radius 1 is 1.39 bits per heavy atom. The van der Waals surface area contributed by atoms with Crippen molar-refractivity contribution in [3.8, 4) is 5.75 Å². The quantitative estimate of drug-likeness (QED) is 0.638. The smallest absolute Gasteiger partial charge is 0.243 e. The number of aliphatic imine (C=N–C) groups is 1. The molecule has 1 aliphatic heterocycles. The van der Waals surface area contributed by atoms with E-state index in [4.69, 9.17) is 4.74 Å². The molecule has 0 saturated heterocycles. The second-order valence-electron chi connectivity index (χ2n) is 5.75. The van der Waals surface area contributed by atoms with Gasteiger partial charge in [0.25, 0.3) is 0 Å². The van der Waals surface area contributed by atoms with E-state index < -0.39 is 0 Å². The van der Waals surface area contributed by atoms with Crippen LogP contribution in [0.25, 0.3) is 0 Å². The number of hydrogen-bond acceptors (Lipinski definition) is 3. The summed E-state index contributed by atoms with van der Waals surface area (Å²) in [4.78, 5) is 17.7. The van der Waals surface area contributed by atoms with Gasteiger partial charge in [0.05, 0.1) is 12.6 Å². The zero-order valence-corrected chi connectivity index (χ0v) is 14.1. The molecule has 0 saturated carbocycles. The highest BCUT2D eigenvalue weighted by Gasteiger charge is 2.21. The van der Waals surface area contributed by atoms with Gasteiger partial charge in [0.2, 0.25) is 5.91 Å². The molecular formula is C17H26N4O2. The summed E-state index contributed by atoms with van der Waals surface area (Å²) in [7, 11) is 3.47. The second kappa shape index (κ2) is 8.41. The van der Waals surface area contributed by atoms with Gasteiger partial charge < -0.3 is 20.3 Å². The normalized spacial score (nSPS) is 17.0. The minimum atomic E-state index is -0.0185. The van der Waals surface area contributed by atoms with Gasteiger partial charge in [0, 0.05) is 32.6 Å². The molecule has 0 aromatic heterocycles. The lowest BCUT2D eigenvalue weighted by Crippen LogP contribution is -2.42. The molecule has 2 N–H and O–H groups in total. The summed E-state index contributed by atoms with van der Waals surface area (Å²) in [6.07, 6.45) is 1.86. The average Bonchev–Trinajstić information content (AvgIpc) is 2.57. The minimum Gasteiger partial charge on any atom is -0.493 e. The number of ether oxygens (including phenoxy) is 1. The molecule has 0 radical (unpaired) electrons. The number of benzene rings is 1. The van der Waals surface area contributed by atoms with Crippen LogP contribution in [0.1, 0.15) is 31.4 Å². The van der Waals surface area contributed by atoms with Gasteiger partial charge in [-0.25, -0.2) is 4.99 Å². The van der Waals surface area contributed by atoms with Crippen molar-refractivity contribution in [2.75, 3.05) is 33.8 Å². The molecule has 1 unspecified atom stereocenters. The predicted molar refractivity (Wildman–Crippen MR) is 91.7 cm³/mol. The van der Waals surface area contributed by atoms with Crippen molar-refractivity contribution in [2.45, 2.75) is 25.8 Å². The van der Waals surface area contributed by atoms with Crippen LogP contribution in [-0.4, -0.2) is 50.6 Å². The molecule has 1 amide bonds. The Bertz CT molecular complexity index is 557. The van der Waals surface area contributed by atoms with Crippen molar-refractivity contribution in [1.82, 2.24) is 15.5 Å². The van der Waals surface area contributed by atoms with E-state index >= 15 is 0 Å². The lowest BCUT2D eigenvalue weighted by atomic mass is 10.0. The van der Waals surface area contributed by atoms with E-state index in [2.05, 4.69) is 28.6 Å². The molecule has 0 aliphatic carbocycles. The van der Waals surface area contributed by atoms with E-state index in [-0.39, 0.29) is 18.5 Å². The molecule has 6 heteroatoms. The maximum atomic E-state index is 11.8. The summed E-state index contributed by atoms with van der Waals surface area (Å²) in [5.41, 5.74) is 1.13. The van der Waals surface area contributed by atoms with E-state index in [1.165, 1.54) is 0 Å². The first-order valence-corrected chi connectivity index (χ1v) is 8.08. The fourth-order valence-corrected chi connectivity index (χ4v) is 2.34. The number of guanidine groups is 1. The monoisotopic (exact) mass is 318 g/mol. The Balaban J connectivity index is 2.08. The van der Waals surface area contributed by atoms with Crippen LogP contribution in [0, 0.1) is 0 Å². The zero-order valence-electron chi connectivity index (χ0n) is 14.1. The van der Waals surface area contributed by atoms with Crippen LogP contribution in [0.2, 0.25) is 0 Å². The minimum absolute atomic E-state index is 0.0185. The zero-order chi connectivity index (χ0) is 16.7. The van der Waals surface area contributed by atoms with Crippen LogP contribution in [0.4, 0.5) is 0 Å². The van der Waals surface area contributed by atoms with Gasteiger partial charge in [0.15, 0.2) is 5.96 Å². The topological polar surface area (TPSA) is 66.0 Å². The molecule has 1 aromatic carbocycles. The molecule has 1 aromatic rings. The van der Waals surface area contributed by atoms with Gasteiger partial charge in [-0.3, -0.25) is 4.79 Å². The van der Waals surface area contributed by atoms with Crippen molar-refractivity contribution >= 4 is 11.9 Å². The number of carbonyl (C=O) groups is 1. The van der Waals surface area contributed by atoms with Crippen LogP contribution in [0.5, 0.6) is 5.75 Å². The fourth-order valence-electron chi connectivity index (χ4n) is 2.34. The molecule has 0 fully saturated rings. The molecular weight excluding hydrogens is 292 g/mol. The van der Waals surface area contributed by atoms with Crippen LogP contribution < -0.4 is 15.4 Å². The Morgan fingerprint density at radius 3 is 2.91 bits per heavy atom. The van der Waals surface area contributed by atoms with E-state index in [9.17, 15) is 4.79 Å². The van der Waals surface area contributed by atoms with Crippen LogP contribution in [-0.2, 0) is 4.79 Å². The Kier molecular flexibility index (Phi) is 6.26. The van der Waals surface area contributed by atoms with E-state index in [0.717, 1.165) is 30.7 Å². The van der Waals surface area contributed by atoms with Gasteiger partial charge in [-0.1, -0.05) is 25.1 Å². The Morgan fingerprint density at radius 2 is 2.17 bits per heavy atom.